The maximum atomic E-state index is 12.8. The largest absolute Gasteiger partial charge is 0.451 e. The van der Waals surface area contributed by atoms with E-state index in [9.17, 15) is 9.59 Å². The Morgan fingerprint density at radius 1 is 1.13 bits per heavy atom. The fourth-order valence-corrected chi connectivity index (χ4v) is 3.73. The number of anilines is 1. The zero-order valence-corrected chi connectivity index (χ0v) is 17.9. The Morgan fingerprint density at radius 2 is 1.94 bits per heavy atom. The van der Waals surface area contributed by atoms with Crippen molar-refractivity contribution >= 4 is 29.0 Å². The van der Waals surface area contributed by atoms with Crippen LogP contribution in [0.3, 0.4) is 0 Å². The Morgan fingerprint density at radius 3 is 2.65 bits per heavy atom. The van der Waals surface area contributed by atoms with E-state index in [-0.39, 0.29) is 11.7 Å². The van der Waals surface area contributed by atoms with E-state index in [2.05, 4.69) is 15.5 Å². The van der Waals surface area contributed by atoms with Crippen LogP contribution >= 0.6 is 11.3 Å². The van der Waals surface area contributed by atoms with Gasteiger partial charge in [0.2, 0.25) is 0 Å². The molecule has 3 heterocycles. The smallest absolute Gasteiger partial charge is 0.357 e. The van der Waals surface area contributed by atoms with E-state index in [1.165, 1.54) is 16.0 Å². The molecule has 8 nitrogen and oxygen atoms in total. The van der Waals surface area contributed by atoms with Crippen LogP contribution in [-0.2, 0) is 9.53 Å². The molecule has 0 radical (unpaired) electrons. The number of carbonyl (C=O) groups is 2. The fraction of sp³-hybridized carbons (Fsp3) is 0.182. The molecule has 31 heavy (non-hydrogen) atoms. The lowest BCUT2D eigenvalue weighted by atomic mass is 10.3. The molecular formula is C22H21N5O3S. The topological polar surface area (TPSA) is 91.0 Å². The number of nitrogens with one attached hydrogen (secondary N) is 1. The van der Waals surface area contributed by atoms with Gasteiger partial charge < -0.3 is 10.1 Å². The highest BCUT2D eigenvalue weighted by Crippen LogP contribution is 2.26. The minimum absolute atomic E-state index is 0.0868. The molecule has 0 aliphatic heterocycles. The van der Waals surface area contributed by atoms with Gasteiger partial charge in [0.25, 0.3) is 5.91 Å². The molecule has 0 saturated heterocycles. The molecule has 0 saturated carbocycles. The number of hydrogen-bond donors (Lipinski definition) is 1. The minimum Gasteiger partial charge on any atom is -0.451 e. The van der Waals surface area contributed by atoms with Crippen LogP contribution in [0.2, 0.25) is 0 Å². The fourth-order valence-electron chi connectivity index (χ4n) is 3.05. The van der Waals surface area contributed by atoms with Gasteiger partial charge in [-0.05, 0) is 37.4 Å². The van der Waals surface area contributed by atoms with Crippen molar-refractivity contribution in [1.82, 2.24) is 19.6 Å². The summed E-state index contributed by atoms with van der Waals surface area (Å²) in [6, 6.07) is 16.6. The Bertz CT molecular complexity index is 1180. The first kappa shape index (κ1) is 20.5. The molecule has 4 aromatic rings. The van der Waals surface area contributed by atoms with Crippen LogP contribution in [0.5, 0.6) is 0 Å². The third kappa shape index (κ3) is 4.56. The highest BCUT2D eigenvalue weighted by Gasteiger charge is 2.20. The molecule has 3 aromatic heterocycles. The van der Waals surface area contributed by atoms with Crippen molar-refractivity contribution in [1.29, 1.82) is 0 Å². The number of benzene rings is 1. The second-order valence-corrected chi connectivity index (χ2v) is 7.97. The Kier molecular flexibility index (Phi) is 5.94. The molecule has 0 fully saturated rings. The Labute approximate surface area is 183 Å². The Balaban J connectivity index is 1.51. The van der Waals surface area contributed by atoms with Crippen molar-refractivity contribution in [2.45, 2.75) is 19.9 Å². The molecule has 1 aromatic carbocycles. The summed E-state index contributed by atoms with van der Waals surface area (Å²) in [5.41, 5.74) is 1.63. The first-order valence-corrected chi connectivity index (χ1v) is 10.6. The normalized spacial score (nSPS) is 10.9. The molecule has 1 amide bonds. The molecular weight excluding hydrogens is 414 g/mol. The van der Waals surface area contributed by atoms with Crippen LogP contribution in [0, 0.1) is 0 Å². The van der Waals surface area contributed by atoms with Crippen molar-refractivity contribution in [2.24, 2.45) is 0 Å². The lowest BCUT2D eigenvalue weighted by molar-refractivity contribution is -0.119. The van der Waals surface area contributed by atoms with Gasteiger partial charge in [0.05, 0.1) is 16.8 Å². The predicted octanol–water partition coefficient (Wildman–Crippen LogP) is 4.17. The third-order valence-electron chi connectivity index (χ3n) is 4.45. The number of rotatable bonds is 7. The van der Waals surface area contributed by atoms with Crippen molar-refractivity contribution in [3.05, 3.63) is 71.9 Å². The first-order valence-electron chi connectivity index (χ1n) is 9.73. The van der Waals surface area contributed by atoms with Gasteiger partial charge in [0.1, 0.15) is 11.5 Å². The summed E-state index contributed by atoms with van der Waals surface area (Å²) >= 11 is 1.53. The highest BCUT2D eigenvalue weighted by molar-refractivity contribution is 7.13. The van der Waals surface area contributed by atoms with Crippen molar-refractivity contribution < 1.29 is 14.3 Å². The van der Waals surface area contributed by atoms with Gasteiger partial charge >= 0.3 is 5.97 Å². The maximum absolute atomic E-state index is 12.8. The number of ether oxygens (including phenoxy) is 1. The summed E-state index contributed by atoms with van der Waals surface area (Å²) in [5, 5.41) is 13.4. The van der Waals surface area contributed by atoms with Gasteiger partial charge in [-0.3, -0.25) is 4.79 Å². The summed E-state index contributed by atoms with van der Waals surface area (Å²) in [6.45, 7) is 3.49. The van der Waals surface area contributed by atoms with Gasteiger partial charge in [-0.15, -0.1) is 11.3 Å². The second kappa shape index (κ2) is 8.97. The number of hydrogen-bond acceptors (Lipinski definition) is 6. The van der Waals surface area contributed by atoms with E-state index in [4.69, 9.17) is 4.74 Å². The van der Waals surface area contributed by atoms with E-state index in [1.807, 2.05) is 61.7 Å². The zero-order valence-electron chi connectivity index (χ0n) is 17.1. The number of amides is 1. The number of para-hydroxylation sites is 1. The summed E-state index contributed by atoms with van der Waals surface area (Å²) in [5.74, 6) is -0.531. The van der Waals surface area contributed by atoms with E-state index in [0.29, 0.717) is 11.5 Å². The minimum atomic E-state index is -0.633. The number of aromatic nitrogens is 4. The second-order valence-electron chi connectivity index (χ2n) is 7.02. The van der Waals surface area contributed by atoms with Crippen molar-refractivity contribution in [3.63, 3.8) is 0 Å². The molecule has 0 aliphatic rings. The van der Waals surface area contributed by atoms with Crippen LogP contribution < -0.4 is 5.32 Å². The number of nitrogens with zero attached hydrogens (tertiary/aromatic N) is 4. The molecule has 0 unspecified atom stereocenters. The average Bonchev–Trinajstić information content (AvgIpc) is 3.52. The highest BCUT2D eigenvalue weighted by atomic mass is 32.1. The van der Waals surface area contributed by atoms with Crippen molar-refractivity contribution in [2.75, 3.05) is 11.9 Å². The quantitative estimate of drug-likeness (QED) is 0.440. The van der Waals surface area contributed by atoms with Gasteiger partial charge in [0.15, 0.2) is 12.3 Å². The van der Waals surface area contributed by atoms with Crippen LogP contribution in [0.25, 0.3) is 16.3 Å². The third-order valence-corrected chi connectivity index (χ3v) is 5.35. The molecule has 9 heteroatoms. The van der Waals surface area contributed by atoms with E-state index < -0.39 is 18.5 Å². The molecule has 0 spiro atoms. The van der Waals surface area contributed by atoms with Gasteiger partial charge in [0, 0.05) is 18.2 Å². The van der Waals surface area contributed by atoms with Crippen molar-refractivity contribution in [3.8, 4) is 16.3 Å². The van der Waals surface area contributed by atoms with Crippen LogP contribution in [0.4, 0.5) is 5.82 Å². The predicted molar refractivity (Wildman–Crippen MR) is 118 cm³/mol. The molecule has 0 bridgehead atoms. The van der Waals surface area contributed by atoms with E-state index in [1.54, 1.807) is 23.0 Å². The summed E-state index contributed by atoms with van der Waals surface area (Å²) in [4.78, 5) is 26.1. The van der Waals surface area contributed by atoms with Gasteiger partial charge in [-0.25, -0.2) is 14.2 Å². The molecule has 1 N–H and O–H groups in total. The monoisotopic (exact) mass is 435 g/mol. The SMILES string of the molecule is CC(C)n1nccc1NC(=O)COC(=O)c1cc(-c2cccs2)nn1-c1ccccc1. The Hall–Kier alpha value is -3.72. The van der Waals surface area contributed by atoms with Gasteiger partial charge in [-0.1, -0.05) is 24.3 Å². The van der Waals surface area contributed by atoms with Gasteiger partial charge in [-0.2, -0.15) is 10.2 Å². The summed E-state index contributed by atoms with van der Waals surface area (Å²) in [6.07, 6.45) is 1.60. The molecule has 158 valence electrons. The lowest BCUT2D eigenvalue weighted by Crippen LogP contribution is -2.23. The average molecular weight is 436 g/mol. The maximum Gasteiger partial charge on any atom is 0.357 e. The molecule has 0 atom stereocenters. The number of carbonyl (C=O) groups excluding carboxylic acids is 2. The summed E-state index contributed by atoms with van der Waals surface area (Å²) < 4.78 is 8.50. The summed E-state index contributed by atoms with van der Waals surface area (Å²) in [7, 11) is 0. The number of thiophene rings is 1. The molecule has 0 aliphatic carbocycles. The van der Waals surface area contributed by atoms with Crippen LogP contribution in [0.15, 0.2) is 66.2 Å². The number of esters is 1. The first-order chi connectivity index (χ1) is 15.0. The standard InChI is InChI=1S/C22H21N5O3S/c1-15(2)26-20(10-11-23-26)24-21(28)14-30-22(29)18-13-17(19-9-6-12-31-19)25-27(18)16-7-4-3-5-8-16/h3-13,15H,14H2,1-2H3,(H,24,28). The van der Waals surface area contributed by atoms with E-state index >= 15 is 0 Å². The van der Waals surface area contributed by atoms with Crippen LogP contribution in [-0.4, -0.2) is 38.0 Å². The van der Waals surface area contributed by atoms with E-state index in [0.717, 1.165) is 10.6 Å². The van der Waals surface area contributed by atoms with Crippen LogP contribution in [0.1, 0.15) is 30.4 Å². The zero-order chi connectivity index (χ0) is 21.8. The lowest BCUT2D eigenvalue weighted by Gasteiger charge is -2.12. The molecule has 4 rings (SSSR count).